The molecule has 0 aliphatic rings. The zero-order valence-corrected chi connectivity index (χ0v) is 11.9. The number of carbonyl (C=O) groups is 1. The van der Waals surface area contributed by atoms with Crippen LogP contribution in [-0.4, -0.2) is 19.6 Å². The molecule has 0 aromatic heterocycles. The minimum absolute atomic E-state index is 0.325. The lowest BCUT2D eigenvalue weighted by atomic mass is 10.1. The van der Waals surface area contributed by atoms with Crippen molar-refractivity contribution >= 4 is 11.7 Å². The van der Waals surface area contributed by atoms with Crippen molar-refractivity contribution in [2.45, 2.75) is 12.8 Å². The van der Waals surface area contributed by atoms with Gasteiger partial charge in [0.05, 0.1) is 18.4 Å². The van der Waals surface area contributed by atoms with Gasteiger partial charge in [0.2, 0.25) is 0 Å². The Balaban J connectivity index is 1.89. The molecular formula is C17H18FNO2. The van der Waals surface area contributed by atoms with E-state index in [-0.39, 0.29) is 5.82 Å². The van der Waals surface area contributed by atoms with Gasteiger partial charge in [0.25, 0.3) is 0 Å². The maximum Gasteiger partial charge on any atom is 0.337 e. The topological polar surface area (TPSA) is 38.3 Å². The van der Waals surface area contributed by atoms with E-state index in [9.17, 15) is 9.18 Å². The summed E-state index contributed by atoms with van der Waals surface area (Å²) in [5.74, 6) is -0.843. The first-order valence-corrected chi connectivity index (χ1v) is 6.86. The second-order valence-corrected chi connectivity index (χ2v) is 4.70. The number of aryl methyl sites for hydroxylation is 1. The number of rotatable bonds is 6. The molecule has 0 spiro atoms. The summed E-state index contributed by atoms with van der Waals surface area (Å²) in [6.45, 7) is 0.635. The van der Waals surface area contributed by atoms with Gasteiger partial charge in [0.1, 0.15) is 5.82 Å². The van der Waals surface area contributed by atoms with E-state index in [0.717, 1.165) is 12.8 Å². The summed E-state index contributed by atoms with van der Waals surface area (Å²) in [4.78, 5) is 11.4. The van der Waals surface area contributed by atoms with Gasteiger partial charge >= 0.3 is 5.97 Å². The van der Waals surface area contributed by atoms with Crippen molar-refractivity contribution in [1.82, 2.24) is 0 Å². The molecule has 0 saturated heterocycles. The molecule has 2 rings (SSSR count). The Bertz CT molecular complexity index is 599. The number of carbonyl (C=O) groups excluding carboxylic acids is 1. The van der Waals surface area contributed by atoms with Gasteiger partial charge in [-0.3, -0.25) is 0 Å². The molecule has 3 nitrogen and oxygen atoms in total. The van der Waals surface area contributed by atoms with Crippen LogP contribution in [0.2, 0.25) is 0 Å². The average Bonchev–Trinajstić information content (AvgIpc) is 2.53. The van der Waals surface area contributed by atoms with Gasteiger partial charge in [-0.2, -0.15) is 0 Å². The monoisotopic (exact) mass is 287 g/mol. The van der Waals surface area contributed by atoms with Crippen molar-refractivity contribution in [2.75, 3.05) is 19.0 Å². The lowest BCUT2D eigenvalue weighted by Gasteiger charge is -2.09. The second kappa shape index (κ2) is 7.43. The maximum atomic E-state index is 13.7. The average molecular weight is 287 g/mol. The fourth-order valence-corrected chi connectivity index (χ4v) is 2.07. The molecule has 21 heavy (non-hydrogen) atoms. The van der Waals surface area contributed by atoms with Crippen molar-refractivity contribution < 1.29 is 13.9 Å². The molecule has 0 amide bonds. The third kappa shape index (κ3) is 4.31. The molecule has 0 saturated carbocycles. The van der Waals surface area contributed by atoms with Crippen molar-refractivity contribution in [3.63, 3.8) is 0 Å². The summed E-state index contributed by atoms with van der Waals surface area (Å²) in [7, 11) is 1.30. The molecule has 0 atom stereocenters. The van der Waals surface area contributed by atoms with E-state index < -0.39 is 5.97 Å². The minimum atomic E-state index is -0.470. The molecule has 0 aliphatic carbocycles. The van der Waals surface area contributed by atoms with E-state index in [1.54, 1.807) is 0 Å². The number of hydrogen-bond donors (Lipinski definition) is 1. The van der Waals surface area contributed by atoms with Gasteiger partial charge in [-0.25, -0.2) is 9.18 Å². The molecule has 0 bridgehead atoms. The lowest BCUT2D eigenvalue weighted by Crippen LogP contribution is -2.07. The third-order valence-corrected chi connectivity index (χ3v) is 3.19. The van der Waals surface area contributed by atoms with Gasteiger partial charge in [-0.1, -0.05) is 30.3 Å². The number of halogens is 1. The molecule has 0 radical (unpaired) electrons. The molecule has 0 fully saturated rings. The molecular weight excluding hydrogens is 269 g/mol. The van der Waals surface area contributed by atoms with Crippen LogP contribution in [0.4, 0.5) is 10.1 Å². The molecule has 0 heterocycles. The molecule has 1 N–H and O–H groups in total. The molecule has 110 valence electrons. The van der Waals surface area contributed by atoms with E-state index in [0.29, 0.717) is 17.8 Å². The van der Waals surface area contributed by atoms with Crippen LogP contribution in [0.5, 0.6) is 0 Å². The third-order valence-electron chi connectivity index (χ3n) is 3.19. The van der Waals surface area contributed by atoms with Crippen molar-refractivity contribution in [1.29, 1.82) is 0 Å². The minimum Gasteiger partial charge on any atom is -0.465 e. The predicted octanol–water partition coefficient (Wildman–Crippen LogP) is 3.66. The Kier molecular flexibility index (Phi) is 5.32. The summed E-state index contributed by atoms with van der Waals surface area (Å²) in [6, 6.07) is 14.3. The van der Waals surface area contributed by atoms with Crippen molar-refractivity contribution in [3.05, 3.63) is 65.5 Å². The van der Waals surface area contributed by atoms with Crippen LogP contribution < -0.4 is 5.32 Å². The molecule has 4 heteroatoms. The zero-order valence-electron chi connectivity index (χ0n) is 11.9. The Labute approximate surface area is 123 Å². The zero-order chi connectivity index (χ0) is 15.1. The highest BCUT2D eigenvalue weighted by Gasteiger charge is 2.09. The maximum absolute atomic E-state index is 13.7. The van der Waals surface area contributed by atoms with E-state index in [1.807, 2.05) is 18.2 Å². The predicted molar refractivity (Wildman–Crippen MR) is 81.0 cm³/mol. The summed E-state index contributed by atoms with van der Waals surface area (Å²) in [5, 5.41) is 3.02. The first-order chi connectivity index (χ1) is 10.2. The highest BCUT2D eigenvalue weighted by molar-refractivity contribution is 5.90. The number of benzene rings is 2. The number of methoxy groups -OCH3 is 1. The number of anilines is 1. The van der Waals surface area contributed by atoms with Gasteiger partial charge < -0.3 is 10.1 Å². The molecule has 2 aromatic carbocycles. The molecule has 2 aromatic rings. The van der Waals surface area contributed by atoms with E-state index in [1.165, 1.54) is 30.9 Å². The van der Waals surface area contributed by atoms with Crippen LogP contribution in [0.1, 0.15) is 22.3 Å². The lowest BCUT2D eigenvalue weighted by molar-refractivity contribution is 0.0600. The fraction of sp³-hybridized carbons (Fsp3) is 0.235. The first kappa shape index (κ1) is 15.0. The van der Waals surface area contributed by atoms with E-state index in [4.69, 9.17) is 0 Å². The summed E-state index contributed by atoms with van der Waals surface area (Å²) < 4.78 is 18.3. The smallest absolute Gasteiger partial charge is 0.337 e. The quantitative estimate of drug-likeness (QED) is 0.651. The largest absolute Gasteiger partial charge is 0.465 e. The normalized spacial score (nSPS) is 10.2. The Morgan fingerprint density at radius 3 is 2.67 bits per heavy atom. The highest BCUT2D eigenvalue weighted by Crippen LogP contribution is 2.17. The molecule has 0 unspecified atom stereocenters. The van der Waals surface area contributed by atoms with Gasteiger partial charge in [0.15, 0.2) is 0 Å². The fourth-order valence-electron chi connectivity index (χ4n) is 2.07. The van der Waals surface area contributed by atoms with Crippen LogP contribution in [0, 0.1) is 5.82 Å². The summed E-state index contributed by atoms with van der Waals surface area (Å²) in [5.41, 5.74) is 1.92. The van der Waals surface area contributed by atoms with Gasteiger partial charge in [0, 0.05) is 6.54 Å². The van der Waals surface area contributed by atoms with Crippen LogP contribution >= 0.6 is 0 Å². The summed E-state index contributed by atoms with van der Waals surface area (Å²) >= 11 is 0. The van der Waals surface area contributed by atoms with Gasteiger partial charge in [-0.15, -0.1) is 0 Å². The standard InChI is InChI=1S/C17H18FNO2/c1-21-17(20)14-9-10-15(18)16(12-14)19-11-5-8-13-6-3-2-4-7-13/h2-4,6-7,9-10,12,19H,5,8,11H2,1H3. The second-order valence-electron chi connectivity index (χ2n) is 4.70. The van der Waals surface area contributed by atoms with Crippen molar-refractivity contribution in [3.8, 4) is 0 Å². The summed E-state index contributed by atoms with van der Waals surface area (Å²) in [6.07, 6.45) is 1.80. The number of esters is 1. The van der Waals surface area contributed by atoms with Crippen LogP contribution in [0.15, 0.2) is 48.5 Å². The SMILES string of the molecule is COC(=O)c1ccc(F)c(NCCCc2ccccc2)c1. The Hall–Kier alpha value is -2.36. The van der Waals surface area contributed by atoms with E-state index >= 15 is 0 Å². The van der Waals surface area contributed by atoms with Gasteiger partial charge in [-0.05, 0) is 36.6 Å². The van der Waals surface area contributed by atoms with Crippen LogP contribution in [0.3, 0.4) is 0 Å². The number of nitrogens with one attached hydrogen (secondary N) is 1. The Morgan fingerprint density at radius 2 is 1.95 bits per heavy atom. The first-order valence-electron chi connectivity index (χ1n) is 6.86. The van der Waals surface area contributed by atoms with Crippen molar-refractivity contribution in [2.24, 2.45) is 0 Å². The van der Waals surface area contributed by atoms with Crippen LogP contribution in [0.25, 0.3) is 0 Å². The number of hydrogen-bond acceptors (Lipinski definition) is 3. The molecule has 0 aliphatic heterocycles. The van der Waals surface area contributed by atoms with Crippen LogP contribution in [-0.2, 0) is 11.2 Å². The number of ether oxygens (including phenoxy) is 1. The Morgan fingerprint density at radius 1 is 1.19 bits per heavy atom. The highest BCUT2D eigenvalue weighted by atomic mass is 19.1. The van der Waals surface area contributed by atoms with E-state index in [2.05, 4.69) is 22.2 Å².